The number of carbonyl (C=O) groups excluding carboxylic acids is 2. The van der Waals surface area contributed by atoms with E-state index in [0.717, 1.165) is 11.1 Å². The highest BCUT2D eigenvalue weighted by molar-refractivity contribution is 6.15. The molecule has 5 heteroatoms. The SMILES string of the molecule is COc1ccccc1/C=C1\Oc2cc(OCC(C)=O)cc(C)c2C1=O. The normalized spacial score (nSPS) is 14.2. The molecule has 1 aliphatic rings. The molecule has 5 nitrogen and oxygen atoms in total. The first kappa shape index (κ1) is 16.8. The number of carbonyl (C=O) groups is 2. The van der Waals surface area contributed by atoms with Gasteiger partial charge in [0.15, 0.2) is 11.5 Å². The number of allylic oxidation sites excluding steroid dienone is 1. The lowest BCUT2D eigenvalue weighted by atomic mass is 10.0. The Kier molecular flexibility index (Phi) is 4.57. The summed E-state index contributed by atoms with van der Waals surface area (Å²) in [5.74, 6) is 1.56. The van der Waals surface area contributed by atoms with Gasteiger partial charge in [-0.1, -0.05) is 18.2 Å². The summed E-state index contributed by atoms with van der Waals surface area (Å²) in [7, 11) is 1.58. The fraction of sp³-hybridized carbons (Fsp3) is 0.200. The van der Waals surface area contributed by atoms with E-state index in [0.29, 0.717) is 22.8 Å². The van der Waals surface area contributed by atoms with Crippen molar-refractivity contribution in [1.29, 1.82) is 0 Å². The Balaban J connectivity index is 1.94. The average Bonchev–Trinajstić information content (AvgIpc) is 2.89. The van der Waals surface area contributed by atoms with Gasteiger partial charge in [0.05, 0.1) is 12.7 Å². The van der Waals surface area contributed by atoms with Gasteiger partial charge in [-0.05, 0) is 37.6 Å². The van der Waals surface area contributed by atoms with Crippen LogP contribution in [0.5, 0.6) is 17.2 Å². The van der Waals surface area contributed by atoms with Gasteiger partial charge in [0.25, 0.3) is 0 Å². The van der Waals surface area contributed by atoms with Crippen molar-refractivity contribution >= 4 is 17.6 Å². The van der Waals surface area contributed by atoms with Crippen LogP contribution in [0.1, 0.15) is 28.4 Å². The Morgan fingerprint density at radius 2 is 2.00 bits per heavy atom. The van der Waals surface area contributed by atoms with Crippen molar-refractivity contribution in [2.75, 3.05) is 13.7 Å². The lowest BCUT2D eigenvalue weighted by Gasteiger charge is -2.07. The molecule has 0 radical (unpaired) electrons. The summed E-state index contributed by atoms with van der Waals surface area (Å²) < 4.78 is 16.5. The topological polar surface area (TPSA) is 61.8 Å². The lowest BCUT2D eigenvalue weighted by molar-refractivity contribution is -0.118. The van der Waals surface area contributed by atoms with Gasteiger partial charge in [-0.25, -0.2) is 0 Å². The molecular weight excluding hydrogens is 320 g/mol. The molecule has 1 heterocycles. The van der Waals surface area contributed by atoms with Gasteiger partial charge in [-0.2, -0.15) is 0 Å². The van der Waals surface area contributed by atoms with Gasteiger partial charge in [-0.3, -0.25) is 9.59 Å². The third-order valence-corrected chi connectivity index (χ3v) is 3.81. The monoisotopic (exact) mass is 338 g/mol. The number of fused-ring (bicyclic) bond motifs is 1. The Morgan fingerprint density at radius 3 is 2.72 bits per heavy atom. The maximum Gasteiger partial charge on any atom is 0.232 e. The fourth-order valence-corrected chi connectivity index (χ4v) is 2.67. The molecule has 3 rings (SSSR count). The van der Waals surface area contributed by atoms with Crippen LogP contribution in [0.15, 0.2) is 42.2 Å². The number of methoxy groups -OCH3 is 1. The molecule has 0 N–H and O–H groups in total. The minimum absolute atomic E-state index is 0.0178. The highest BCUT2D eigenvalue weighted by Crippen LogP contribution is 2.38. The Hall–Kier alpha value is -3.08. The van der Waals surface area contributed by atoms with Crippen LogP contribution >= 0.6 is 0 Å². The number of Topliss-reactive ketones (excluding diaryl/α,β-unsaturated/α-hetero) is 2. The van der Waals surface area contributed by atoms with E-state index >= 15 is 0 Å². The van der Waals surface area contributed by atoms with E-state index in [1.54, 1.807) is 25.3 Å². The Labute approximate surface area is 145 Å². The second-order valence-electron chi connectivity index (χ2n) is 5.79. The van der Waals surface area contributed by atoms with Crippen LogP contribution in [0, 0.1) is 6.92 Å². The highest BCUT2D eigenvalue weighted by Gasteiger charge is 2.30. The van der Waals surface area contributed by atoms with Crippen LogP contribution in [0.25, 0.3) is 6.08 Å². The predicted molar refractivity (Wildman–Crippen MR) is 93.3 cm³/mol. The van der Waals surface area contributed by atoms with E-state index < -0.39 is 0 Å². The Morgan fingerprint density at radius 1 is 1.24 bits per heavy atom. The number of ketones is 2. The maximum atomic E-state index is 12.7. The summed E-state index contributed by atoms with van der Waals surface area (Å²) in [5.41, 5.74) is 2.01. The number of rotatable bonds is 5. The second kappa shape index (κ2) is 6.81. The molecule has 0 saturated heterocycles. The standard InChI is InChI=1S/C20H18O5/c1-12-8-15(24-11-13(2)21)10-17-19(12)20(22)18(25-17)9-14-6-4-5-7-16(14)23-3/h4-10H,11H2,1-3H3/b18-9-. The van der Waals surface area contributed by atoms with Crippen molar-refractivity contribution in [3.63, 3.8) is 0 Å². The highest BCUT2D eigenvalue weighted by atomic mass is 16.5. The quantitative estimate of drug-likeness (QED) is 0.780. The van der Waals surface area contributed by atoms with Crippen molar-refractivity contribution in [1.82, 2.24) is 0 Å². The Bertz CT molecular complexity index is 880. The van der Waals surface area contributed by atoms with Gasteiger partial charge >= 0.3 is 0 Å². The molecule has 128 valence electrons. The fourth-order valence-electron chi connectivity index (χ4n) is 2.67. The number of aryl methyl sites for hydroxylation is 1. The zero-order valence-electron chi connectivity index (χ0n) is 14.3. The predicted octanol–water partition coefficient (Wildman–Crippen LogP) is 3.59. The van der Waals surface area contributed by atoms with E-state index in [1.165, 1.54) is 6.92 Å². The van der Waals surface area contributed by atoms with E-state index in [4.69, 9.17) is 14.2 Å². The molecular formula is C20H18O5. The summed E-state index contributed by atoms with van der Waals surface area (Å²) in [6, 6.07) is 10.7. The molecule has 0 aromatic heterocycles. The number of benzene rings is 2. The minimum Gasteiger partial charge on any atom is -0.496 e. The van der Waals surface area contributed by atoms with Crippen molar-refractivity contribution in [3.8, 4) is 17.2 Å². The molecule has 1 aliphatic heterocycles. The molecule has 2 aromatic carbocycles. The first-order chi connectivity index (χ1) is 12.0. The smallest absolute Gasteiger partial charge is 0.232 e. The number of hydrogen-bond donors (Lipinski definition) is 0. The first-order valence-corrected chi connectivity index (χ1v) is 7.83. The van der Waals surface area contributed by atoms with Crippen LogP contribution < -0.4 is 14.2 Å². The van der Waals surface area contributed by atoms with Gasteiger partial charge in [0.2, 0.25) is 5.78 Å². The van der Waals surface area contributed by atoms with Crippen LogP contribution in [0.4, 0.5) is 0 Å². The van der Waals surface area contributed by atoms with Crippen molar-refractivity contribution in [2.24, 2.45) is 0 Å². The van der Waals surface area contributed by atoms with Crippen molar-refractivity contribution in [2.45, 2.75) is 13.8 Å². The molecule has 0 amide bonds. The summed E-state index contributed by atoms with van der Waals surface area (Å²) in [6.07, 6.45) is 1.66. The molecule has 0 saturated carbocycles. The molecule has 0 spiro atoms. The molecule has 0 unspecified atom stereocenters. The van der Waals surface area contributed by atoms with E-state index in [-0.39, 0.29) is 23.9 Å². The van der Waals surface area contributed by atoms with Crippen LogP contribution in [0.3, 0.4) is 0 Å². The van der Waals surface area contributed by atoms with Crippen LogP contribution in [-0.2, 0) is 4.79 Å². The number of para-hydroxylation sites is 1. The first-order valence-electron chi connectivity index (χ1n) is 7.83. The lowest BCUT2D eigenvalue weighted by Crippen LogP contribution is -2.06. The van der Waals surface area contributed by atoms with Gasteiger partial charge in [0, 0.05) is 11.6 Å². The van der Waals surface area contributed by atoms with E-state index in [1.807, 2.05) is 31.2 Å². The molecule has 25 heavy (non-hydrogen) atoms. The summed E-state index contributed by atoms with van der Waals surface area (Å²) in [4.78, 5) is 23.7. The second-order valence-corrected chi connectivity index (χ2v) is 5.79. The summed E-state index contributed by atoms with van der Waals surface area (Å²) in [5, 5.41) is 0. The van der Waals surface area contributed by atoms with Crippen molar-refractivity contribution < 1.29 is 23.8 Å². The van der Waals surface area contributed by atoms with Crippen LogP contribution in [0.2, 0.25) is 0 Å². The average molecular weight is 338 g/mol. The largest absolute Gasteiger partial charge is 0.496 e. The zero-order chi connectivity index (χ0) is 18.0. The molecule has 0 bridgehead atoms. The number of ether oxygens (including phenoxy) is 3. The number of hydrogen-bond acceptors (Lipinski definition) is 5. The molecule has 0 aliphatic carbocycles. The zero-order valence-corrected chi connectivity index (χ0v) is 14.3. The third kappa shape index (κ3) is 3.40. The maximum absolute atomic E-state index is 12.7. The van der Waals surface area contributed by atoms with Gasteiger partial charge < -0.3 is 14.2 Å². The van der Waals surface area contributed by atoms with Crippen molar-refractivity contribution in [3.05, 3.63) is 58.8 Å². The van der Waals surface area contributed by atoms with E-state index in [9.17, 15) is 9.59 Å². The molecule has 2 aromatic rings. The van der Waals surface area contributed by atoms with Gasteiger partial charge in [-0.15, -0.1) is 0 Å². The molecule has 0 fully saturated rings. The van der Waals surface area contributed by atoms with Gasteiger partial charge in [0.1, 0.15) is 23.9 Å². The summed E-state index contributed by atoms with van der Waals surface area (Å²) in [6.45, 7) is 3.25. The summed E-state index contributed by atoms with van der Waals surface area (Å²) >= 11 is 0. The minimum atomic E-state index is -0.184. The van der Waals surface area contributed by atoms with Crippen LogP contribution in [-0.4, -0.2) is 25.3 Å². The van der Waals surface area contributed by atoms with E-state index in [2.05, 4.69) is 0 Å². The molecule has 0 atom stereocenters. The third-order valence-electron chi connectivity index (χ3n) is 3.81.